The number of rotatable bonds is 4. The van der Waals surface area contributed by atoms with E-state index < -0.39 is 11.5 Å². The number of aliphatic carboxylic acids is 1. The van der Waals surface area contributed by atoms with Gasteiger partial charge in [-0.2, -0.15) is 5.10 Å². The van der Waals surface area contributed by atoms with Crippen molar-refractivity contribution in [2.75, 3.05) is 13.2 Å². The summed E-state index contributed by atoms with van der Waals surface area (Å²) in [7, 11) is 0. The third-order valence-corrected chi connectivity index (χ3v) is 4.07. The van der Waals surface area contributed by atoms with Crippen LogP contribution in [-0.4, -0.2) is 50.3 Å². The number of hydrogen-bond acceptors (Lipinski definition) is 5. The van der Waals surface area contributed by atoms with Gasteiger partial charge in [0, 0.05) is 25.1 Å². The van der Waals surface area contributed by atoms with Crippen molar-refractivity contribution in [3.63, 3.8) is 0 Å². The molecule has 0 aliphatic carbocycles. The number of carboxylic acids is 1. The second-order valence-electron chi connectivity index (χ2n) is 5.81. The minimum Gasteiger partial charge on any atom is -0.481 e. The quantitative estimate of drug-likeness (QED) is 0.863. The van der Waals surface area contributed by atoms with Gasteiger partial charge in [-0.05, 0) is 25.8 Å². The van der Waals surface area contributed by atoms with Crippen molar-refractivity contribution in [1.29, 1.82) is 0 Å². The van der Waals surface area contributed by atoms with Gasteiger partial charge in [-0.1, -0.05) is 0 Å². The summed E-state index contributed by atoms with van der Waals surface area (Å²) in [5.41, 5.74) is 0.780. The lowest BCUT2D eigenvalue weighted by Gasteiger charge is -2.36. The third-order valence-electron chi connectivity index (χ3n) is 4.07. The molecule has 0 aromatic carbocycles. The first kappa shape index (κ1) is 15.4. The van der Waals surface area contributed by atoms with Crippen molar-refractivity contribution in [2.24, 2.45) is 0 Å². The highest BCUT2D eigenvalue weighted by atomic mass is 16.5. The van der Waals surface area contributed by atoms with E-state index in [1.165, 1.54) is 10.7 Å². The van der Waals surface area contributed by atoms with Crippen molar-refractivity contribution in [3.8, 4) is 0 Å². The van der Waals surface area contributed by atoms with Crippen LogP contribution in [0.2, 0.25) is 0 Å². The average molecular weight is 318 g/mol. The number of aryl methyl sites for hydroxylation is 1. The standard InChI is InChI=1S/C15H18N4O4/c1-10-2-5-19-13(17-10)11(9-16-19)14(22)18-15(8-12(20)21)3-6-23-7-4-15/h2,5,9H,3-4,6-8H2,1H3,(H,18,22)(H,20,21). The normalized spacial score (nSPS) is 17.1. The van der Waals surface area contributed by atoms with Gasteiger partial charge >= 0.3 is 5.97 Å². The summed E-state index contributed by atoms with van der Waals surface area (Å²) in [6.07, 6.45) is 3.99. The second kappa shape index (κ2) is 5.96. The molecule has 1 aliphatic rings. The molecule has 0 atom stereocenters. The summed E-state index contributed by atoms with van der Waals surface area (Å²) >= 11 is 0. The van der Waals surface area contributed by atoms with Gasteiger partial charge in [0.15, 0.2) is 5.65 Å². The Morgan fingerprint density at radius 2 is 2.17 bits per heavy atom. The van der Waals surface area contributed by atoms with E-state index in [1.807, 2.05) is 6.92 Å². The molecule has 1 amide bonds. The van der Waals surface area contributed by atoms with Gasteiger partial charge in [0.2, 0.25) is 0 Å². The van der Waals surface area contributed by atoms with Crippen molar-refractivity contribution in [1.82, 2.24) is 19.9 Å². The monoisotopic (exact) mass is 318 g/mol. The van der Waals surface area contributed by atoms with Gasteiger partial charge in [-0.3, -0.25) is 9.59 Å². The number of ether oxygens (including phenoxy) is 1. The zero-order valence-electron chi connectivity index (χ0n) is 12.8. The van der Waals surface area contributed by atoms with Gasteiger partial charge < -0.3 is 15.2 Å². The minimum atomic E-state index is -0.943. The summed E-state index contributed by atoms with van der Waals surface area (Å²) in [6, 6.07) is 1.80. The van der Waals surface area contributed by atoms with E-state index in [-0.39, 0.29) is 12.3 Å². The zero-order valence-corrected chi connectivity index (χ0v) is 12.8. The number of nitrogens with zero attached hydrogens (tertiary/aromatic N) is 3. The summed E-state index contributed by atoms with van der Waals surface area (Å²) in [5.74, 6) is -1.30. The maximum absolute atomic E-state index is 12.6. The van der Waals surface area contributed by atoms with E-state index in [4.69, 9.17) is 9.84 Å². The lowest BCUT2D eigenvalue weighted by Crippen LogP contribution is -2.53. The first-order valence-corrected chi connectivity index (χ1v) is 7.42. The maximum atomic E-state index is 12.6. The van der Waals surface area contributed by atoms with E-state index in [9.17, 15) is 9.59 Å². The predicted octanol–water partition coefficient (Wildman–Crippen LogP) is 0.791. The van der Waals surface area contributed by atoms with Crippen LogP contribution in [0.4, 0.5) is 0 Å². The molecule has 1 saturated heterocycles. The highest BCUT2D eigenvalue weighted by molar-refractivity contribution is 6.00. The largest absolute Gasteiger partial charge is 0.481 e. The smallest absolute Gasteiger partial charge is 0.305 e. The molecule has 3 rings (SSSR count). The molecule has 0 saturated carbocycles. The summed E-state index contributed by atoms with van der Waals surface area (Å²) in [4.78, 5) is 28.2. The molecule has 2 aromatic rings. The molecule has 8 nitrogen and oxygen atoms in total. The Morgan fingerprint density at radius 3 is 2.87 bits per heavy atom. The molecule has 0 spiro atoms. The first-order valence-electron chi connectivity index (χ1n) is 7.42. The molecule has 23 heavy (non-hydrogen) atoms. The Hall–Kier alpha value is -2.48. The number of carbonyl (C=O) groups excluding carboxylic acids is 1. The summed E-state index contributed by atoms with van der Waals surface area (Å²) in [6.45, 7) is 2.69. The number of aromatic nitrogens is 3. The molecule has 3 heterocycles. The lowest BCUT2D eigenvalue weighted by molar-refractivity contribution is -0.139. The summed E-state index contributed by atoms with van der Waals surface area (Å²) in [5, 5.41) is 16.2. The fourth-order valence-corrected chi connectivity index (χ4v) is 2.83. The van der Waals surface area contributed by atoms with Crippen molar-refractivity contribution in [2.45, 2.75) is 31.7 Å². The van der Waals surface area contributed by atoms with Crippen LogP contribution in [0, 0.1) is 6.92 Å². The molecule has 1 aliphatic heterocycles. The van der Waals surface area contributed by atoms with Gasteiger partial charge in [0.1, 0.15) is 5.56 Å². The van der Waals surface area contributed by atoms with Crippen LogP contribution in [0.5, 0.6) is 0 Å². The zero-order chi connectivity index (χ0) is 16.4. The van der Waals surface area contributed by atoms with E-state index in [0.29, 0.717) is 37.3 Å². The topological polar surface area (TPSA) is 106 Å². The van der Waals surface area contributed by atoms with Crippen LogP contribution >= 0.6 is 0 Å². The number of amides is 1. The highest BCUT2D eigenvalue weighted by Gasteiger charge is 2.37. The second-order valence-corrected chi connectivity index (χ2v) is 5.81. The number of fused-ring (bicyclic) bond motifs is 1. The Morgan fingerprint density at radius 1 is 1.43 bits per heavy atom. The average Bonchev–Trinajstić information content (AvgIpc) is 2.90. The Bertz CT molecular complexity index is 749. The number of nitrogens with one attached hydrogen (secondary N) is 1. The molecule has 2 N–H and O–H groups in total. The van der Waals surface area contributed by atoms with Crippen LogP contribution in [0.15, 0.2) is 18.5 Å². The van der Waals surface area contributed by atoms with Crippen LogP contribution in [0.1, 0.15) is 35.3 Å². The fourth-order valence-electron chi connectivity index (χ4n) is 2.83. The van der Waals surface area contributed by atoms with Crippen molar-refractivity contribution < 1.29 is 19.4 Å². The predicted molar refractivity (Wildman–Crippen MR) is 80.2 cm³/mol. The van der Waals surface area contributed by atoms with E-state index in [2.05, 4.69) is 15.4 Å². The minimum absolute atomic E-state index is 0.131. The lowest BCUT2D eigenvalue weighted by atomic mass is 9.86. The number of carbonyl (C=O) groups is 2. The van der Waals surface area contributed by atoms with Crippen molar-refractivity contribution >= 4 is 17.5 Å². The van der Waals surface area contributed by atoms with Crippen LogP contribution in [-0.2, 0) is 9.53 Å². The molecule has 2 aromatic heterocycles. The summed E-state index contributed by atoms with van der Waals surface area (Å²) < 4.78 is 6.82. The van der Waals surface area contributed by atoms with E-state index in [0.717, 1.165) is 5.69 Å². The van der Waals surface area contributed by atoms with Gasteiger partial charge in [0.25, 0.3) is 5.91 Å². The van der Waals surface area contributed by atoms with E-state index in [1.54, 1.807) is 12.3 Å². The number of carboxylic acid groups (broad SMARTS) is 1. The van der Waals surface area contributed by atoms with Gasteiger partial charge in [-0.15, -0.1) is 0 Å². The SMILES string of the molecule is Cc1ccn2ncc(C(=O)NC3(CC(=O)O)CCOCC3)c2n1. The van der Waals surface area contributed by atoms with E-state index >= 15 is 0 Å². The van der Waals surface area contributed by atoms with Gasteiger partial charge in [-0.25, -0.2) is 9.50 Å². The molecular weight excluding hydrogens is 300 g/mol. The molecule has 0 unspecified atom stereocenters. The Balaban J connectivity index is 1.88. The highest BCUT2D eigenvalue weighted by Crippen LogP contribution is 2.25. The molecule has 0 radical (unpaired) electrons. The fraction of sp³-hybridized carbons (Fsp3) is 0.467. The molecule has 122 valence electrons. The number of hydrogen-bond donors (Lipinski definition) is 2. The molecule has 0 bridgehead atoms. The van der Waals surface area contributed by atoms with Crippen molar-refractivity contribution in [3.05, 3.63) is 29.7 Å². The molecule has 1 fully saturated rings. The molecule has 8 heteroatoms. The van der Waals surface area contributed by atoms with Crippen LogP contribution in [0.25, 0.3) is 5.65 Å². The molecular formula is C15H18N4O4. The third kappa shape index (κ3) is 3.16. The Kier molecular flexibility index (Phi) is 3.99. The maximum Gasteiger partial charge on any atom is 0.305 e. The van der Waals surface area contributed by atoms with Crippen LogP contribution < -0.4 is 5.32 Å². The Labute approximate surface area is 132 Å². The first-order chi connectivity index (χ1) is 11.0. The van der Waals surface area contributed by atoms with Crippen LogP contribution in [0.3, 0.4) is 0 Å². The van der Waals surface area contributed by atoms with Gasteiger partial charge in [0.05, 0.1) is 18.2 Å².